The van der Waals surface area contributed by atoms with Crippen molar-refractivity contribution in [3.05, 3.63) is 98.0 Å². The Hall–Kier alpha value is -3.14. The monoisotopic (exact) mass is 415 g/mol. The van der Waals surface area contributed by atoms with Crippen LogP contribution in [-0.4, -0.2) is 34.7 Å². The molecule has 1 aliphatic heterocycles. The molecule has 1 aromatic rings. The van der Waals surface area contributed by atoms with Crippen molar-refractivity contribution in [3.63, 3.8) is 0 Å². The van der Waals surface area contributed by atoms with Gasteiger partial charge in [-0.1, -0.05) is 55.7 Å². The number of aliphatic imine (C=N–C) groups is 2. The van der Waals surface area contributed by atoms with E-state index >= 15 is 0 Å². The van der Waals surface area contributed by atoms with Gasteiger partial charge >= 0.3 is 0 Å². The third-order valence-electron chi connectivity index (χ3n) is 6.43. The molecule has 1 aromatic carbocycles. The van der Waals surface area contributed by atoms with E-state index in [2.05, 4.69) is 55.9 Å². The van der Waals surface area contributed by atoms with Crippen LogP contribution in [0.4, 0.5) is 0 Å². The molecule has 0 amide bonds. The van der Waals surface area contributed by atoms with Gasteiger partial charge in [0.15, 0.2) is 5.88 Å². The molecular weight excluding hydrogens is 382 g/mol. The maximum Gasteiger partial charge on any atom is 0.176 e. The van der Waals surface area contributed by atoms with E-state index in [1.165, 1.54) is 5.56 Å². The molecule has 3 rings (SSSR count). The second-order valence-electron chi connectivity index (χ2n) is 8.30. The molecule has 4 heteroatoms. The van der Waals surface area contributed by atoms with Crippen LogP contribution in [0.3, 0.4) is 0 Å². The van der Waals surface area contributed by atoms with Crippen molar-refractivity contribution in [1.29, 1.82) is 0 Å². The highest BCUT2D eigenvalue weighted by atomic mass is 16.3. The molecule has 2 aliphatic rings. The van der Waals surface area contributed by atoms with Gasteiger partial charge in [-0.2, -0.15) is 0 Å². The van der Waals surface area contributed by atoms with E-state index < -0.39 is 5.54 Å². The summed E-state index contributed by atoms with van der Waals surface area (Å²) in [5, 5.41) is 12.6. The van der Waals surface area contributed by atoms with E-state index in [9.17, 15) is 5.11 Å². The molecular formula is C27H33N3O. The van der Waals surface area contributed by atoms with Crippen LogP contribution in [0.15, 0.2) is 96.8 Å². The predicted molar refractivity (Wildman–Crippen MR) is 132 cm³/mol. The molecule has 162 valence electrons. The smallest absolute Gasteiger partial charge is 0.176 e. The molecule has 0 aromatic heterocycles. The fourth-order valence-electron chi connectivity index (χ4n) is 5.21. The Morgan fingerprint density at radius 3 is 2.68 bits per heavy atom. The lowest BCUT2D eigenvalue weighted by Crippen LogP contribution is -2.64. The molecule has 2 N–H and O–H groups in total. The van der Waals surface area contributed by atoms with Crippen molar-refractivity contribution in [1.82, 2.24) is 5.32 Å². The van der Waals surface area contributed by atoms with Gasteiger partial charge in [-0.25, -0.2) is 0 Å². The van der Waals surface area contributed by atoms with E-state index in [0.29, 0.717) is 6.54 Å². The number of nitrogens with one attached hydrogen (secondary N) is 1. The van der Waals surface area contributed by atoms with E-state index in [4.69, 9.17) is 9.98 Å². The van der Waals surface area contributed by atoms with Crippen LogP contribution in [0.5, 0.6) is 0 Å². The van der Waals surface area contributed by atoms with Gasteiger partial charge in [0.05, 0.1) is 17.3 Å². The van der Waals surface area contributed by atoms with E-state index in [1.807, 2.05) is 38.1 Å². The molecule has 0 spiro atoms. The molecule has 31 heavy (non-hydrogen) atoms. The average Bonchev–Trinajstić information content (AvgIpc) is 2.75. The van der Waals surface area contributed by atoms with Gasteiger partial charge in [-0.3, -0.25) is 9.98 Å². The largest absolute Gasteiger partial charge is 0.495 e. The SMILES string of the molecule is C=CC(C)=NC1(CC(/C=C\C)CNC(=C)O)C(C=C)C2N=C(C=C)c3ccccc3C21. The van der Waals surface area contributed by atoms with Gasteiger partial charge in [0.1, 0.15) is 0 Å². The van der Waals surface area contributed by atoms with E-state index in [1.54, 1.807) is 6.08 Å². The molecule has 0 radical (unpaired) electrons. The van der Waals surface area contributed by atoms with Gasteiger partial charge in [0, 0.05) is 29.7 Å². The van der Waals surface area contributed by atoms with Crippen molar-refractivity contribution in [2.24, 2.45) is 21.8 Å². The van der Waals surface area contributed by atoms with Crippen LogP contribution < -0.4 is 5.32 Å². The molecule has 5 unspecified atom stereocenters. The summed E-state index contributed by atoms with van der Waals surface area (Å²) >= 11 is 0. The molecule has 1 fully saturated rings. The number of allylic oxidation sites excluding steroid dienone is 3. The van der Waals surface area contributed by atoms with Crippen molar-refractivity contribution in [3.8, 4) is 0 Å². The Kier molecular flexibility index (Phi) is 6.79. The summed E-state index contributed by atoms with van der Waals surface area (Å²) in [5.41, 5.74) is 3.82. The lowest BCUT2D eigenvalue weighted by atomic mass is 9.49. The zero-order valence-electron chi connectivity index (χ0n) is 18.6. The number of aliphatic hydroxyl groups excluding tert-OH is 1. The van der Waals surface area contributed by atoms with Gasteiger partial charge < -0.3 is 10.4 Å². The second kappa shape index (κ2) is 9.34. The maximum absolute atomic E-state index is 9.58. The molecule has 0 bridgehead atoms. The Bertz CT molecular complexity index is 970. The summed E-state index contributed by atoms with van der Waals surface area (Å²) in [5.74, 6) is 0.344. The van der Waals surface area contributed by atoms with Crippen LogP contribution in [-0.2, 0) is 0 Å². The molecule has 0 saturated heterocycles. The van der Waals surface area contributed by atoms with Gasteiger partial charge in [-0.15, -0.1) is 6.58 Å². The van der Waals surface area contributed by atoms with Crippen LogP contribution in [0.25, 0.3) is 0 Å². The standard InChI is InChI=1S/C27H33N3O/c1-7-13-20(17-28-19(6)31)16-27(30-18(5)8-2)23(9-3)26-25(27)22-15-12-11-14-21(22)24(10-4)29-26/h7-15,20,23,25-26,28,31H,2-4,6,16-17H2,1,5H3/b13-7-,30-18?. The molecule has 1 saturated carbocycles. The summed E-state index contributed by atoms with van der Waals surface area (Å²) in [6, 6.07) is 8.51. The molecule has 4 nitrogen and oxygen atoms in total. The van der Waals surface area contributed by atoms with Crippen molar-refractivity contribution in [2.75, 3.05) is 6.54 Å². The first-order valence-electron chi connectivity index (χ1n) is 10.8. The summed E-state index contributed by atoms with van der Waals surface area (Å²) in [4.78, 5) is 10.3. The third-order valence-corrected chi connectivity index (χ3v) is 6.43. The Labute approximate surface area is 186 Å². The number of fused-ring (bicyclic) bond motifs is 3. The number of hydrogen-bond donors (Lipinski definition) is 2. The average molecular weight is 416 g/mol. The topological polar surface area (TPSA) is 57.0 Å². The van der Waals surface area contributed by atoms with Crippen molar-refractivity contribution >= 4 is 11.4 Å². The van der Waals surface area contributed by atoms with Crippen molar-refractivity contribution in [2.45, 2.75) is 37.8 Å². The highest BCUT2D eigenvalue weighted by molar-refractivity contribution is 6.10. The first-order valence-corrected chi connectivity index (χ1v) is 10.8. The first kappa shape index (κ1) is 22.5. The number of aliphatic hydroxyl groups is 1. The van der Waals surface area contributed by atoms with Crippen LogP contribution >= 0.6 is 0 Å². The lowest BCUT2D eigenvalue weighted by Gasteiger charge is -2.60. The number of hydrogen-bond acceptors (Lipinski definition) is 4. The maximum atomic E-state index is 9.58. The minimum Gasteiger partial charge on any atom is -0.495 e. The number of nitrogens with zero attached hydrogens (tertiary/aromatic N) is 2. The molecule has 1 heterocycles. The summed E-state index contributed by atoms with van der Waals surface area (Å²) < 4.78 is 0. The van der Waals surface area contributed by atoms with Gasteiger partial charge in [-0.05, 0) is 50.5 Å². The zero-order valence-corrected chi connectivity index (χ0v) is 18.6. The molecule has 1 aliphatic carbocycles. The highest BCUT2D eigenvalue weighted by Crippen LogP contribution is 2.60. The van der Waals surface area contributed by atoms with Crippen LogP contribution in [0, 0.1) is 11.8 Å². The van der Waals surface area contributed by atoms with Gasteiger partial charge in [0.25, 0.3) is 0 Å². The number of rotatable bonds is 10. The fourth-order valence-corrected chi connectivity index (χ4v) is 5.21. The van der Waals surface area contributed by atoms with E-state index in [0.717, 1.165) is 23.4 Å². The summed E-state index contributed by atoms with van der Waals surface area (Å²) in [6.07, 6.45) is 10.6. The first-order chi connectivity index (χ1) is 14.9. The normalized spacial score (nSPS) is 27.9. The Morgan fingerprint density at radius 2 is 2.06 bits per heavy atom. The predicted octanol–water partition coefficient (Wildman–Crippen LogP) is 5.53. The van der Waals surface area contributed by atoms with Crippen LogP contribution in [0.1, 0.15) is 37.3 Å². The minimum atomic E-state index is -0.403. The van der Waals surface area contributed by atoms with Gasteiger partial charge in [0.2, 0.25) is 0 Å². The third kappa shape index (κ3) is 4.07. The summed E-state index contributed by atoms with van der Waals surface area (Å²) in [6.45, 7) is 20.2. The number of benzene rings is 1. The fraction of sp³-hybridized carbons (Fsp3) is 0.333. The van der Waals surface area contributed by atoms with Crippen LogP contribution in [0.2, 0.25) is 0 Å². The Morgan fingerprint density at radius 1 is 1.32 bits per heavy atom. The zero-order chi connectivity index (χ0) is 22.6. The minimum absolute atomic E-state index is 0.0238. The summed E-state index contributed by atoms with van der Waals surface area (Å²) in [7, 11) is 0. The quantitative estimate of drug-likeness (QED) is 0.300. The molecule has 5 atom stereocenters. The Balaban J connectivity index is 2.13. The lowest BCUT2D eigenvalue weighted by molar-refractivity contribution is 0.0726. The second-order valence-corrected chi connectivity index (χ2v) is 8.30. The van der Waals surface area contributed by atoms with Crippen molar-refractivity contribution < 1.29 is 5.11 Å². The highest BCUT2D eigenvalue weighted by Gasteiger charge is 2.63. The van der Waals surface area contributed by atoms with E-state index in [-0.39, 0.29) is 29.7 Å².